The molecule has 122 valence electrons. The van der Waals surface area contributed by atoms with Crippen LogP contribution in [0.15, 0.2) is 36.4 Å². The van der Waals surface area contributed by atoms with Crippen molar-refractivity contribution >= 4 is 22.2 Å². The zero-order valence-electron chi connectivity index (χ0n) is 13.7. The number of anilines is 1. The van der Waals surface area contributed by atoms with Crippen molar-refractivity contribution in [2.75, 3.05) is 18.4 Å². The fourth-order valence-corrected chi connectivity index (χ4v) is 4.01. The van der Waals surface area contributed by atoms with Gasteiger partial charge in [0.2, 0.25) is 0 Å². The van der Waals surface area contributed by atoms with Crippen LogP contribution in [0.5, 0.6) is 0 Å². The van der Waals surface area contributed by atoms with Crippen LogP contribution in [-0.4, -0.2) is 23.9 Å². The molecule has 1 fully saturated rings. The van der Waals surface area contributed by atoms with E-state index in [0.717, 1.165) is 18.0 Å². The molecule has 3 rings (SSSR count). The Hall–Kier alpha value is -1.65. The van der Waals surface area contributed by atoms with E-state index >= 15 is 0 Å². The second-order valence-electron chi connectivity index (χ2n) is 6.08. The molecule has 2 heterocycles. The van der Waals surface area contributed by atoms with Crippen LogP contribution in [0.25, 0.3) is 0 Å². The molecule has 1 aliphatic rings. The van der Waals surface area contributed by atoms with E-state index in [4.69, 9.17) is 0 Å². The number of piperidine rings is 1. The molecule has 1 N–H and O–H groups in total. The summed E-state index contributed by atoms with van der Waals surface area (Å²) in [5.41, 5.74) is 1.97. The first-order chi connectivity index (χ1) is 11.3. The molecule has 1 aromatic carbocycles. The Kier molecular flexibility index (Phi) is 5.47. The number of nitrogens with one attached hydrogen (secondary N) is 1. The van der Waals surface area contributed by atoms with E-state index in [-0.39, 0.29) is 5.91 Å². The molecular formula is C19H24N2OS. The molecular weight excluding hydrogens is 304 g/mol. The van der Waals surface area contributed by atoms with Crippen molar-refractivity contribution in [3.63, 3.8) is 0 Å². The lowest BCUT2D eigenvalue weighted by Gasteiger charge is -2.26. The lowest BCUT2D eigenvalue weighted by molar-refractivity contribution is 0.102. The molecule has 4 heteroatoms. The number of hydrogen-bond acceptors (Lipinski definition) is 3. The lowest BCUT2D eigenvalue weighted by Crippen LogP contribution is -2.29. The average Bonchev–Trinajstić information content (AvgIpc) is 2.98. The summed E-state index contributed by atoms with van der Waals surface area (Å²) in [7, 11) is 0. The van der Waals surface area contributed by atoms with Gasteiger partial charge >= 0.3 is 0 Å². The fourth-order valence-electron chi connectivity index (χ4n) is 3.01. The number of hydrogen-bond donors (Lipinski definition) is 1. The van der Waals surface area contributed by atoms with Gasteiger partial charge < -0.3 is 5.32 Å². The fraction of sp³-hybridized carbons (Fsp3) is 0.421. The number of nitrogens with zero attached hydrogens (tertiary/aromatic N) is 1. The third kappa shape index (κ3) is 4.21. The molecule has 0 unspecified atom stereocenters. The SMILES string of the molecule is CCc1cc(CN2CCCCC2)c(NC(=O)c2ccccc2)s1. The predicted molar refractivity (Wildman–Crippen MR) is 97.2 cm³/mol. The van der Waals surface area contributed by atoms with Gasteiger partial charge in [-0.2, -0.15) is 0 Å². The highest BCUT2D eigenvalue weighted by molar-refractivity contribution is 7.16. The number of carbonyl (C=O) groups excluding carboxylic acids is 1. The van der Waals surface area contributed by atoms with Crippen LogP contribution in [0.3, 0.4) is 0 Å². The minimum absolute atomic E-state index is 0.0185. The largest absolute Gasteiger partial charge is 0.313 e. The van der Waals surface area contributed by atoms with Crippen LogP contribution < -0.4 is 5.32 Å². The first-order valence-electron chi connectivity index (χ1n) is 8.46. The van der Waals surface area contributed by atoms with Gasteiger partial charge in [0.05, 0.1) is 5.00 Å². The summed E-state index contributed by atoms with van der Waals surface area (Å²) < 4.78 is 0. The van der Waals surface area contributed by atoms with Gasteiger partial charge in [-0.05, 0) is 50.6 Å². The zero-order chi connectivity index (χ0) is 16.1. The van der Waals surface area contributed by atoms with Crippen molar-refractivity contribution in [2.45, 2.75) is 39.2 Å². The summed E-state index contributed by atoms with van der Waals surface area (Å²) in [5, 5.41) is 4.14. The van der Waals surface area contributed by atoms with E-state index in [0.29, 0.717) is 5.56 Å². The summed E-state index contributed by atoms with van der Waals surface area (Å²) in [6, 6.07) is 11.7. The van der Waals surface area contributed by atoms with E-state index in [1.54, 1.807) is 11.3 Å². The number of carbonyl (C=O) groups is 1. The molecule has 1 amide bonds. The van der Waals surface area contributed by atoms with Crippen LogP contribution in [-0.2, 0) is 13.0 Å². The van der Waals surface area contributed by atoms with Crippen LogP contribution in [0.1, 0.15) is 47.0 Å². The van der Waals surface area contributed by atoms with Crippen LogP contribution >= 0.6 is 11.3 Å². The van der Waals surface area contributed by atoms with Crippen molar-refractivity contribution in [1.29, 1.82) is 0 Å². The van der Waals surface area contributed by atoms with Gasteiger partial charge in [-0.15, -0.1) is 11.3 Å². The summed E-state index contributed by atoms with van der Waals surface area (Å²) in [4.78, 5) is 16.3. The Morgan fingerprint density at radius 2 is 1.91 bits per heavy atom. The van der Waals surface area contributed by atoms with E-state index in [1.807, 2.05) is 30.3 Å². The lowest BCUT2D eigenvalue weighted by atomic mass is 10.1. The number of thiophene rings is 1. The molecule has 1 aliphatic heterocycles. The minimum Gasteiger partial charge on any atom is -0.313 e. The normalized spacial score (nSPS) is 15.5. The van der Waals surface area contributed by atoms with Gasteiger partial charge in [-0.25, -0.2) is 0 Å². The quantitative estimate of drug-likeness (QED) is 0.873. The van der Waals surface area contributed by atoms with Crippen molar-refractivity contribution in [1.82, 2.24) is 4.90 Å². The van der Waals surface area contributed by atoms with Crippen LogP contribution in [0, 0.1) is 0 Å². The molecule has 0 saturated carbocycles. The molecule has 0 bridgehead atoms. The second-order valence-corrected chi connectivity index (χ2v) is 7.21. The van der Waals surface area contributed by atoms with Gasteiger partial charge in [0.15, 0.2) is 0 Å². The van der Waals surface area contributed by atoms with Crippen LogP contribution in [0.2, 0.25) is 0 Å². The monoisotopic (exact) mass is 328 g/mol. The summed E-state index contributed by atoms with van der Waals surface area (Å²) >= 11 is 1.71. The molecule has 0 radical (unpaired) electrons. The van der Waals surface area contributed by atoms with E-state index < -0.39 is 0 Å². The second kappa shape index (κ2) is 7.75. The standard InChI is InChI=1S/C19H24N2OS/c1-2-17-13-16(14-21-11-7-4-8-12-21)19(23-17)20-18(22)15-9-5-3-6-10-15/h3,5-6,9-10,13H,2,4,7-8,11-12,14H2,1H3,(H,20,22). The topological polar surface area (TPSA) is 32.3 Å². The van der Waals surface area contributed by atoms with Gasteiger partial charge in [0.25, 0.3) is 5.91 Å². The number of likely N-dealkylation sites (tertiary alicyclic amines) is 1. The highest BCUT2D eigenvalue weighted by atomic mass is 32.1. The first kappa shape index (κ1) is 16.2. The molecule has 0 atom stereocenters. The smallest absolute Gasteiger partial charge is 0.256 e. The zero-order valence-corrected chi connectivity index (χ0v) is 14.5. The minimum atomic E-state index is -0.0185. The van der Waals surface area contributed by atoms with Gasteiger partial charge in [0, 0.05) is 22.5 Å². The van der Waals surface area contributed by atoms with Crippen molar-refractivity contribution in [3.8, 4) is 0 Å². The summed E-state index contributed by atoms with van der Waals surface area (Å²) in [6.07, 6.45) is 4.93. The first-order valence-corrected chi connectivity index (χ1v) is 9.28. The maximum absolute atomic E-state index is 12.4. The Morgan fingerprint density at radius 1 is 1.17 bits per heavy atom. The molecule has 23 heavy (non-hydrogen) atoms. The number of aryl methyl sites for hydroxylation is 1. The molecule has 0 aliphatic carbocycles. The van der Waals surface area contributed by atoms with Crippen molar-refractivity contribution in [2.24, 2.45) is 0 Å². The van der Waals surface area contributed by atoms with Gasteiger partial charge in [0.1, 0.15) is 0 Å². The Labute approximate surface area is 142 Å². The third-order valence-corrected chi connectivity index (χ3v) is 5.55. The van der Waals surface area contributed by atoms with Crippen LogP contribution in [0.4, 0.5) is 5.00 Å². The van der Waals surface area contributed by atoms with Gasteiger partial charge in [-0.1, -0.05) is 31.5 Å². The van der Waals surface area contributed by atoms with Gasteiger partial charge in [-0.3, -0.25) is 9.69 Å². The average molecular weight is 328 g/mol. The highest BCUT2D eigenvalue weighted by Gasteiger charge is 2.17. The number of amides is 1. The van der Waals surface area contributed by atoms with E-state index in [9.17, 15) is 4.79 Å². The number of rotatable bonds is 5. The maximum atomic E-state index is 12.4. The molecule has 2 aromatic rings. The summed E-state index contributed by atoms with van der Waals surface area (Å²) in [6.45, 7) is 5.45. The Balaban J connectivity index is 1.75. The Bertz CT molecular complexity index is 645. The van der Waals surface area contributed by atoms with E-state index in [1.165, 1.54) is 42.8 Å². The molecule has 0 spiro atoms. The molecule has 3 nitrogen and oxygen atoms in total. The number of benzene rings is 1. The van der Waals surface area contributed by atoms with Crippen molar-refractivity contribution in [3.05, 3.63) is 52.4 Å². The summed E-state index contributed by atoms with van der Waals surface area (Å²) in [5.74, 6) is -0.0185. The Morgan fingerprint density at radius 3 is 2.61 bits per heavy atom. The maximum Gasteiger partial charge on any atom is 0.256 e. The molecule has 1 aromatic heterocycles. The third-order valence-electron chi connectivity index (χ3n) is 4.31. The molecule has 1 saturated heterocycles. The van der Waals surface area contributed by atoms with E-state index in [2.05, 4.69) is 23.2 Å². The van der Waals surface area contributed by atoms with Crippen molar-refractivity contribution < 1.29 is 4.79 Å². The predicted octanol–water partition coefficient (Wildman–Crippen LogP) is 4.55. The highest BCUT2D eigenvalue weighted by Crippen LogP contribution is 2.30.